The van der Waals surface area contributed by atoms with Crippen molar-refractivity contribution in [1.82, 2.24) is 0 Å². The van der Waals surface area contributed by atoms with Crippen LogP contribution in [0.3, 0.4) is 0 Å². The molecule has 3 heteroatoms. The lowest BCUT2D eigenvalue weighted by Crippen LogP contribution is -2.27. The first-order valence-electron chi connectivity index (χ1n) is 6.26. The van der Waals surface area contributed by atoms with Gasteiger partial charge in [-0.1, -0.05) is 32.9 Å². The molecule has 1 amide bonds. The number of aryl methyl sites for hydroxylation is 1. The van der Waals surface area contributed by atoms with E-state index in [0.29, 0.717) is 12.2 Å². The molecule has 2 nitrogen and oxygen atoms in total. The van der Waals surface area contributed by atoms with E-state index >= 15 is 0 Å². The van der Waals surface area contributed by atoms with E-state index in [2.05, 4.69) is 52.5 Å². The first kappa shape index (κ1) is 15.1. The van der Waals surface area contributed by atoms with Crippen molar-refractivity contribution in [2.75, 3.05) is 17.7 Å². The van der Waals surface area contributed by atoms with E-state index in [-0.39, 0.29) is 11.3 Å². The minimum Gasteiger partial charge on any atom is -0.315 e. The zero-order chi connectivity index (χ0) is 13.9. The summed E-state index contributed by atoms with van der Waals surface area (Å²) in [5.41, 5.74) is 3.54. The second kappa shape index (κ2) is 5.79. The second-order valence-corrected chi connectivity index (χ2v) is 6.12. The zero-order valence-electron chi connectivity index (χ0n) is 11.9. The van der Waals surface area contributed by atoms with Gasteiger partial charge >= 0.3 is 0 Å². The monoisotopic (exact) mass is 265 g/mol. The number of amides is 1. The van der Waals surface area contributed by atoms with Crippen LogP contribution in [-0.4, -0.2) is 18.7 Å². The third-order valence-electron chi connectivity index (χ3n) is 3.12. The molecule has 18 heavy (non-hydrogen) atoms. The molecule has 0 aliphatic carbocycles. The van der Waals surface area contributed by atoms with Gasteiger partial charge in [0.1, 0.15) is 0 Å². The van der Waals surface area contributed by atoms with Crippen LogP contribution in [0.2, 0.25) is 0 Å². The van der Waals surface area contributed by atoms with Crippen molar-refractivity contribution in [3.63, 3.8) is 0 Å². The summed E-state index contributed by atoms with van der Waals surface area (Å²) in [6.45, 7) is 8.63. The topological polar surface area (TPSA) is 20.3 Å². The Kier molecular flexibility index (Phi) is 4.85. The van der Waals surface area contributed by atoms with Gasteiger partial charge in [0.05, 0.1) is 0 Å². The minimum absolute atomic E-state index is 0.108. The summed E-state index contributed by atoms with van der Waals surface area (Å²) < 4.78 is 0. The summed E-state index contributed by atoms with van der Waals surface area (Å²) in [6, 6.07) is 6.30. The molecule has 100 valence electrons. The highest BCUT2D eigenvalue weighted by Crippen LogP contribution is 2.28. The number of rotatable bonds is 3. The predicted molar refractivity (Wildman–Crippen MR) is 81.8 cm³/mol. The Hall–Kier alpha value is -0.960. The molecule has 1 aromatic rings. The SMILES string of the molecule is Cc1cc(C(C)(C)C)ccc1N(C)C(=O)CCS. The molecule has 0 fully saturated rings. The summed E-state index contributed by atoms with van der Waals surface area (Å²) >= 11 is 4.10. The van der Waals surface area contributed by atoms with Gasteiger partial charge in [-0.3, -0.25) is 4.79 Å². The summed E-state index contributed by atoms with van der Waals surface area (Å²) in [5, 5.41) is 0. The molecule has 0 saturated heterocycles. The summed E-state index contributed by atoms with van der Waals surface area (Å²) in [5.74, 6) is 0.694. The van der Waals surface area contributed by atoms with Gasteiger partial charge in [0.2, 0.25) is 5.91 Å². The number of thiol groups is 1. The molecule has 0 radical (unpaired) electrons. The summed E-state index contributed by atoms with van der Waals surface area (Å²) in [4.78, 5) is 13.6. The Balaban J connectivity index is 3.02. The van der Waals surface area contributed by atoms with Crippen LogP contribution in [0, 0.1) is 6.92 Å². The highest BCUT2D eigenvalue weighted by Gasteiger charge is 2.17. The fourth-order valence-electron chi connectivity index (χ4n) is 1.90. The van der Waals surface area contributed by atoms with Crippen LogP contribution < -0.4 is 4.90 Å². The van der Waals surface area contributed by atoms with E-state index in [1.807, 2.05) is 13.1 Å². The molecular weight excluding hydrogens is 242 g/mol. The summed E-state index contributed by atoms with van der Waals surface area (Å²) in [7, 11) is 1.82. The van der Waals surface area contributed by atoms with Crippen LogP contribution in [-0.2, 0) is 10.2 Å². The van der Waals surface area contributed by atoms with E-state index in [4.69, 9.17) is 0 Å². The van der Waals surface area contributed by atoms with Crippen LogP contribution in [0.1, 0.15) is 38.3 Å². The predicted octanol–water partition coefficient (Wildman–Crippen LogP) is 3.58. The van der Waals surface area contributed by atoms with Crippen LogP contribution in [0.4, 0.5) is 5.69 Å². The first-order chi connectivity index (χ1) is 8.27. The maximum Gasteiger partial charge on any atom is 0.227 e. The number of hydrogen-bond acceptors (Lipinski definition) is 2. The molecule has 0 heterocycles. The van der Waals surface area contributed by atoms with Crippen molar-refractivity contribution in [3.8, 4) is 0 Å². The second-order valence-electron chi connectivity index (χ2n) is 5.68. The summed E-state index contributed by atoms with van der Waals surface area (Å²) in [6.07, 6.45) is 0.472. The van der Waals surface area contributed by atoms with Crippen LogP contribution in [0.15, 0.2) is 18.2 Å². The standard InChI is InChI=1S/C15H23NOS/c1-11-10-12(15(2,3)4)6-7-13(11)16(5)14(17)8-9-18/h6-7,10,18H,8-9H2,1-5H3. The van der Waals surface area contributed by atoms with Crippen LogP contribution >= 0.6 is 12.6 Å². The van der Waals surface area contributed by atoms with E-state index in [1.54, 1.807) is 4.90 Å². The van der Waals surface area contributed by atoms with E-state index in [1.165, 1.54) is 5.56 Å². The number of benzene rings is 1. The number of hydrogen-bond donors (Lipinski definition) is 1. The largest absolute Gasteiger partial charge is 0.315 e. The van der Waals surface area contributed by atoms with Gasteiger partial charge in [-0.15, -0.1) is 0 Å². The number of carbonyl (C=O) groups is 1. The quantitative estimate of drug-likeness (QED) is 0.828. The molecular formula is C15H23NOS. The average molecular weight is 265 g/mol. The van der Waals surface area contributed by atoms with Crippen molar-refractivity contribution in [2.45, 2.75) is 39.5 Å². The molecule has 1 aromatic carbocycles. The van der Waals surface area contributed by atoms with Crippen LogP contribution in [0.5, 0.6) is 0 Å². The van der Waals surface area contributed by atoms with E-state index in [0.717, 1.165) is 11.3 Å². The number of anilines is 1. The van der Waals surface area contributed by atoms with Gasteiger partial charge in [0, 0.05) is 19.2 Å². The molecule has 1 rings (SSSR count). The molecule has 0 aromatic heterocycles. The van der Waals surface area contributed by atoms with Crippen molar-refractivity contribution >= 4 is 24.2 Å². The lowest BCUT2D eigenvalue weighted by molar-refractivity contribution is -0.117. The molecule has 0 aliphatic heterocycles. The van der Waals surface area contributed by atoms with Gasteiger partial charge in [-0.05, 0) is 35.3 Å². The normalized spacial score (nSPS) is 11.4. The number of carbonyl (C=O) groups excluding carboxylic acids is 1. The lowest BCUT2D eigenvalue weighted by Gasteiger charge is -2.24. The zero-order valence-corrected chi connectivity index (χ0v) is 12.8. The molecule has 0 unspecified atom stereocenters. The van der Waals surface area contributed by atoms with Gasteiger partial charge < -0.3 is 4.90 Å². The average Bonchev–Trinajstić information content (AvgIpc) is 2.27. The Bertz CT molecular complexity index is 435. The minimum atomic E-state index is 0.108. The van der Waals surface area contributed by atoms with Gasteiger partial charge in [0.25, 0.3) is 0 Å². The Morgan fingerprint density at radius 3 is 2.39 bits per heavy atom. The molecule has 0 spiro atoms. The van der Waals surface area contributed by atoms with Crippen molar-refractivity contribution < 1.29 is 4.79 Å². The highest BCUT2D eigenvalue weighted by molar-refractivity contribution is 7.80. The fraction of sp³-hybridized carbons (Fsp3) is 0.533. The van der Waals surface area contributed by atoms with Crippen molar-refractivity contribution in [2.24, 2.45) is 0 Å². The fourth-order valence-corrected chi connectivity index (χ4v) is 2.09. The Morgan fingerprint density at radius 2 is 1.94 bits per heavy atom. The van der Waals surface area contributed by atoms with Gasteiger partial charge in [-0.2, -0.15) is 12.6 Å². The third kappa shape index (κ3) is 3.52. The molecule has 0 bridgehead atoms. The number of nitrogens with zero attached hydrogens (tertiary/aromatic N) is 1. The first-order valence-corrected chi connectivity index (χ1v) is 6.89. The van der Waals surface area contributed by atoms with E-state index in [9.17, 15) is 4.79 Å². The van der Waals surface area contributed by atoms with Gasteiger partial charge in [-0.25, -0.2) is 0 Å². The molecule has 0 aliphatic rings. The molecule has 0 atom stereocenters. The Morgan fingerprint density at radius 1 is 1.33 bits per heavy atom. The smallest absolute Gasteiger partial charge is 0.227 e. The van der Waals surface area contributed by atoms with Gasteiger partial charge in [0.15, 0.2) is 0 Å². The van der Waals surface area contributed by atoms with Crippen molar-refractivity contribution in [1.29, 1.82) is 0 Å². The van der Waals surface area contributed by atoms with E-state index < -0.39 is 0 Å². The highest BCUT2D eigenvalue weighted by atomic mass is 32.1. The Labute approximate surface area is 116 Å². The molecule has 0 N–H and O–H groups in total. The van der Waals surface area contributed by atoms with Crippen LogP contribution in [0.25, 0.3) is 0 Å². The molecule has 0 saturated carbocycles. The van der Waals surface area contributed by atoms with Crippen molar-refractivity contribution in [3.05, 3.63) is 29.3 Å². The maximum atomic E-state index is 11.9. The maximum absolute atomic E-state index is 11.9. The lowest BCUT2D eigenvalue weighted by atomic mass is 9.86. The third-order valence-corrected chi connectivity index (χ3v) is 3.35.